The molecule has 3 heterocycles. The Kier molecular flexibility index (Phi) is 10.2. The number of carbonyl (C=O) groups is 5. The molecule has 2 aliphatic carbocycles. The Morgan fingerprint density at radius 3 is 2.40 bits per heavy atom. The smallest absolute Gasteiger partial charge is 0.289 e. The second kappa shape index (κ2) is 14.3. The predicted octanol–water partition coefficient (Wildman–Crippen LogP) is 2.97. The van der Waals surface area contributed by atoms with Crippen molar-refractivity contribution in [2.75, 3.05) is 13.7 Å². The Morgan fingerprint density at radius 1 is 1.10 bits per heavy atom. The number of aromatic nitrogens is 2. The molecule has 4 amide bonds. The molecule has 6 atom stereocenters. The van der Waals surface area contributed by atoms with Crippen LogP contribution in [0.25, 0.3) is 0 Å². The van der Waals surface area contributed by atoms with Crippen LogP contribution in [-0.4, -0.2) is 93.4 Å². The fourth-order valence-corrected chi connectivity index (χ4v) is 7.55. The van der Waals surface area contributed by atoms with Gasteiger partial charge in [0.15, 0.2) is 5.60 Å². The Labute approximate surface area is 304 Å². The van der Waals surface area contributed by atoms with E-state index in [9.17, 15) is 24.0 Å². The number of aryl methyl sites for hydroxylation is 2. The summed E-state index contributed by atoms with van der Waals surface area (Å²) in [6.07, 6.45) is 6.79. The van der Waals surface area contributed by atoms with Crippen molar-refractivity contribution in [1.82, 2.24) is 30.8 Å². The van der Waals surface area contributed by atoms with Gasteiger partial charge in [0.25, 0.3) is 5.91 Å². The van der Waals surface area contributed by atoms with Gasteiger partial charge in [0.1, 0.15) is 17.8 Å². The van der Waals surface area contributed by atoms with Crippen molar-refractivity contribution in [3.05, 3.63) is 47.0 Å². The average molecular weight is 718 g/mol. The maximum atomic E-state index is 14.7. The van der Waals surface area contributed by atoms with Crippen LogP contribution in [0.4, 0.5) is 0 Å². The number of benzene rings is 1. The van der Waals surface area contributed by atoms with Crippen LogP contribution in [-0.2, 0) is 28.8 Å². The topological polar surface area (TPSA) is 184 Å². The molecule has 280 valence electrons. The first-order valence-corrected chi connectivity index (χ1v) is 18.3. The third-order valence-corrected chi connectivity index (χ3v) is 10.6. The summed E-state index contributed by atoms with van der Waals surface area (Å²) in [5, 5.41) is 13.0. The van der Waals surface area contributed by atoms with Gasteiger partial charge in [0.05, 0.1) is 31.7 Å². The summed E-state index contributed by atoms with van der Waals surface area (Å²) in [6, 6.07) is 0.850. The van der Waals surface area contributed by atoms with Gasteiger partial charge in [-0.2, -0.15) is 0 Å². The van der Waals surface area contributed by atoms with Gasteiger partial charge in [-0.15, -0.1) is 0 Å². The maximum Gasteiger partial charge on any atom is 0.289 e. The minimum Gasteiger partial charge on any atom is -0.496 e. The van der Waals surface area contributed by atoms with Crippen LogP contribution in [0.3, 0.4) is 0 Å². The van der Waals surface area contributed by atoms with E-state index in [1.54, 1.807) is 19.6 Å². The Morgan fingerprint density at radius 2 is 1.81 bits per heavy atom. The molecule has 4 aliphatic rings. The molecular weight excluding hydrogens is 666 g/mol. The standard InChI is InChI=1S/C38H51N7O7/c1-8-9-26(30(46)35(49)41-23-10-11-23)42-34(48)29-16-38(15-27(44-52-38)22-12-20(2)31(51-7)21(3)13-22)18-45(29)36(50)32(37(4,5)6)43-33(47)25-14-24(25)28-17-39-19-40-28/h12-13,17,19,23-26,29,32H,8-11,14-16,18H2,1-7H3,(H,39,40)(H,41,49)(H,42,48)(H,43,47)/t24-,25-,26+,29+,32-,38-/m1/s1. The predicted molar refractivity (Wildman–Crippen MR) is 191 cm³/mol. The van der Waals surface area contributed by atoms with Crippen molar-refractivity contribution >= 4 is 35.1 Å². The first kappa shape index (κ1) is 37.0. The highest BCUT2D eigenvalue weighted by Gasteiger charge is 2.56. The van der Waals surface area contributed by atoms with E-state index < -0.39 is 52.6 Å². The minimum absolute atomic E-state index is 0.00959. The molecule has 1 aromatic heterocycles. The van der Waals surface area contributed by atoms with Gasteiger partial charge >= 0.3 is 0 Å². The highest BCUT2D eigenvalue weighted by atomic mass is 16.7. The zero-order valence-corrected chi connectivity index (χ0v) is 31.1. The minimum atomic E-state index is -1.06. The lowest BCUT2D eigenvalue weighted by atomic mass is 9.85. The number of likely N-dealkylation sites (tertiary alicyclic amines) is 1. The van der Waals surface area contributed by atoms with Crippen LogP contribution in [0.5, 0.6) is 5.75 Å². The summed E-state index contributed by atoms with van der Waals surface area (Å²) < 4.78 is 5.55. The second-order valence-electron chi connectivity index (χ2n) is 16.0. The molecule has 3 fully saturated rings. The van der Waals surface area contributed by atoms with E-state index in [-0.39, 0.29) is 43.2 Å². The molecule has 0 bridgehead atoms. The van der Waals surface area contributed by atoms with Crippen LogP contribution in [0.2, 0.25) is 0 Å². The van der Waals surface area contributed by atoms with E-state index in [4.69, 9.17) is 9.57 Å². The summed E-state index contributed by atoms with van der Waals surface area (Å²) in [5.41, 5.74) is 2.52. The van der Waals surface area contributed by atoms with Crippen LogP contribution >= 0.6 is 0 Å². The molecule has 1 saturated heterocycles. The molecule has 1 spiro atoms. The fraction of sp³-hybridized carbons (Fsp3) is 0.605. The first-order chi connectivity index (χ1) is 24.6. The number of carbonyl (C=O) groups excluding carboxylic acids is 5. The Hall–Kier alpha value is -4.75. The molecule has 4 N–H and O–H groups in total. The van der Waals surface area contributed by atoms with Crippen molar-refractivity contribution < 1.29 is 33.5 Å². The number of aromatic amines is 1. The number of hydrogen-bond donors (Lipinski definition) is 4. The number of nitrogens with zero attached hydrogens (tertiary/aromatic N) is 3. The van der Waals surface area contributed by atoms with Gasteiger partial charge in [0.2, 0.25) is 23.5 Å². The number of methoxy groups -OCH3 is 1. The molecule has 2 saturated carbocycles. The lowest BCUT2D eigenvalue weighted by molar-refractivity contribution is -0.145. The molecule has 14 heteroatoms. The quantitative estimate of drug-likeness (QED) is 0.228. The summed E-state index contributed by atoms with van der Waals surface area (Å²) >= 11 is 0. The summed E-state index contributed by atoms with van der Waals surface area (Å²) in [5.74, 6) is -2.21. The second-order valence-corrected chi connectivity index (χ2v) is 16.0. The first-order valence-electron chi connectivity index (χ1n) is 18.3. The van der Waals surface area contributed by atoms with Gasteiger partial charge in [-0.3, -0.25) is 24.0 Å². The van der Waals surface area contributed by atoms with E-state index >= 15 is 0 Å². The largest absolute Gasteiger partial charge is 0.496 e. The third kappa shape index (κ3) is 7.70. The molecule has 6 rings (SSSR count). The van der Waals surface area contributed by atoms with Gasteiger partial charge in [-0.25, -0.2) is 4.98 Å². The number of rotatable bonds is 13. The SMILES string of the molecule is CCC[C@H](NC(=O)[C@@H]1C[C@]2(CC(c3cc(C)c(OC)c(C)c3)=NO2)CN1C(=O)[C@@H](NC(=O)[C@@H]1C[C@H]1c1cnc[nH]1)C(C)(C)C)C(=O)C(=O)NC1CC1. The van der Waals surface area contributed by atoms with Crippen LogP contribution in [0, 0.1) is 25.2 Å². The number of H-pyrrole nitrogens is 1. The summed E-state index contributed by atoms with van der Waals surface area (Å²) in [7, 11) is 1.63. The Balaban J connectivity index is 1.25. The number of Topliss-reactive ketones (excluding diaryl/α,β-unsaturated/α-hetero) is 1. The van der Waals surface area contributed by atoms with Crippen molar-refractivity contribution in [2.24, 2.45) is 16.5 Å². The van der Waals surface area contributed by atoms with E-state index in [0.717, 1.165) is 41.0 Å². The highest BCUT2D eigenvalue weighted by molar-refractivity contribution is 6.38. The molecule has 1 aromatic carbocycles. The number of amides is 4. The molecule has 52 heavy (non-hydrogen) atoms. The van der Waals surface area contributed by atoms with Crippen molar-refractivity contribution in [3.8, 4) is 5.75 Å². The zero-order valence-electron chi connectivity index (χ0n) is 31.1. The summed E-state index contributed by atoms with van der Waals surface area (Å²) in [4.78, 5) is 83.3. The van der Waals surface area contributed by atoms with E-state index in [0.29, 0.717) is 25.0 Å². The number of nitrogens with one attached hydrogen (secondary N) is 4. The van der Waals surface area contributed by atoms with E-state index in [2.05, 4.69) is 31.1 Å². The molecule has 0 unspecified atom stereocenters. The number of ether oxygens (including phenoxy) is 1. The van der Waals surface area contributed by atoms with Gasteiger partial charge in [-0.05, 0) is 68.2 Å². The van der Waals surface area contributed by atoms with Crippen molar-refractivity contribution in [3.63, 3.8) is 0 Å². The third-order valence-electron chi connectivity index (χ3n) is 10.6. The zero-order chi connectivity index (χ0) is 37.5. The fourth-order valence-electron chi connectivity index (χ4n) is 7.55. The van der Waals surface area contributed by atoms with Crippen molar-refractivity contribution in [1.29, 1.82) is 0 Å². The summed E-state index contributed by atoms with van der Waals surface area (Å²) in [6.45, 7) is 11.4. The molecule has 0 radical (unpaired) electrons. The van der Waals surface area contributed by atoms with Gasteiger partial charge < -0.3 is 35.4 Å². The number of imidazole rings is 1. The lowest BCUT2D eigenvalue weighted by Gasteiger charge is -2.35. The van der Waals surface area contributed by atoms with Crippen LogP contribution in [0.1, 0.15) is 101 Å². The average Bonchev–Trinajstić information content (AvgIpc) is 3.92. The Bertz CT molecular complexity index is 1740. The highest BCUT2D eigenvalue weighted by Crippen LogP contribution is 2.47. The molecule has 2 aliphatic heterocycles. The molecule has 14 nitrogen and oxygen atoms in total. The van der Waals surface area contributed by atoms with Gasteiger partial charge in [-0.1, -0.05) is 39.3 Å². The maximum absolute atomic E-state index is 14.7. The van der Waals surface area contributed by atoms with E-state index in [1.165, 1.54) is 4.90 Å². The molecule has 2 aromatic rings. The number of hydrogen-bond acceptors (Lipinski definition) is 9. The number of ketones is 1. The normalized spacial score (nSPS) is 24.8. The lowest BCUT2D eigenvalue weighted by Crippen LogP contribution is -2.59. The number of oxime groups is 1. The monoisotopic (exact) mass is 717 g/mol. The van der Waals surface area contributed by atoms with Crippen molar-refractivity contribution in [2.45, 2.75) is 122 Å². The molecular formula is C38H51N7O7. The van der Waals surface area contributed by atoms with Gasteiger partial charge in [0, 0.05) is 48.2 Å². The van der Waals surface area contributed by atoms with Crippen LogP contribution < -0.4 is 20.7 Å². The van der Waals surface area contributed by atoms with Crippen LogP contribution in [0.15, 0.2) is 29.8 Å². The van der Waals surface area contributed by atoms with E-state index in [1.807, 2.05) is 53.7 Å².